The quantitative estimate of drug-likeness (QED) is 0.319. The first-order valence-corrected chi connectivity index (χ1v) is 11.5. The van der Waals surface area contributed by atoms with Crippen molar-refractivity contribution in [2.45, 2.75) is 13.2 Å². The Morgan fingerprint density at radius 3 is 2.56 bits per heavy atom. The van der Waals surface area contributed by atoms with Gasteiger partial charge in [0.2, 0.25) is 0 Å². The minimum atomic E-state index is -0.466. The van der Waals surface area contributed by atoms with E-state index in [2.05, 4.69) is 15.9 Å². The molecule has 8 heteroatoms. The molecular weight excluding hydrogens is 517 g/mol. The fourth-order valence-corrected chi connectivity index (χ4v) is 4.41. The van der Waals surface area contributed by atoms with Crippen LogP contribution in [0.1, 0.15) is 16.7 Å². The summed E-state index contributed by atoms with van der Waals surface area (Å²) in [5, 5.41) is 0.201. The highest BCUT2D eigenvalue weighted by Gasteiger charge is 2.35. The summed E-state index contributed by atoms with van der Waals surface area (Å²) in [6.45, 7) is 0.196. The Balaban J connectivity index is 1.55. The van der Waals surface area contributed by atoms with Crippen LogP contribution < -0.4 is 4.74 Å². The zero-order chi connectivity index (χ0) is 22.7. The first-order chi connectivity index (χ1) is 15.4. The molecule has 1 aliphatic rings. The molecular formula is C24H16BrClFNO3S. The van der Waals surface area contributed by atoms with Crippen molar-refractivity contribution in [1.29, 1.82) is 0 Å². The van der Waals surface area contributed by atoms with E-state index in [9.17, 15) is 14.0 Å². The predicted molar refractivity (Wildman–Crippen MR) is 128 cm³/mol. The molecule has 4 rings (SSSR count). The number of benzene rings is 3. The van der Waals surface area contributed by atoms with Crippen LogP contribution >= 0.6 is 39.3 Å². The normalized spacial score (nSPS) is 15.0. The lowest BCUT2D eigenvalue weighted by Gasteiger charge is -2.13. The van der Waals surface area contributed by atoms with Crippen LogP contribution in [0.2, 0.25) is 5.02 Å². The number of ether oxygens (including phenoxy) is 1. The van der Waals surface area contributed by atoms with Crippen LogP contribution in [0.15, 0.2) is 76.1 Å². The smallest absolute Gasteiger partial charge is 0.293 e. The Kier molecular flexibility index (Phi) is 6.98. The number of amides is 2. The highest BCUT2D eigenvalue weighted by molar-refractivity contribution is 9.10. The van der Waals surface area contributed by atoms with Gasteiger partial charge in [-0.1, -0.05) is 57.9 Å². The largest absolute Gasteiger partial charge is 0.488 e. The Labute approximate surface area is 202 Å². The van der Waals surface area contributed by atoms with Crippen LogP contribution in [-0.4, -0.2) is 16.0 Å². The minimum absolute atomic E-state index is 0.118. The van der Waals surface area contributed by atoms with Crippen molar-refractivity contribution in [3.8, 4) is 5.75 Å². The lowest BCUT2D eigenvalue weighted by Crippen LogP contribution is -2.27. The van der Waals surface area contributed by atoms with Crippen molar-refractivity contribution in [2.75, 3.05) is 0 Å². The molecule has 32 heavy (non-hydrogen) atoms. The maximum Gasteiger partial charge on any atom is 0.293 e. The van der Waals surface area contributed by atoms with Crippen molar-refractivity contribution >= 4 is 56.5 Å². The number of rotatable bonds is 6. The van der Waals surface area contributed by atoms with Gasteiger partial charge in [0.05, 0.1) is 11.4 Å². The first kappa shape index (κ1) is 22.6. The minimum Gasteiger partial charge on any atom is -0.488 e. The molecule has 2 amide bonds. The Morgan fingerprint density at radius 2 is 1.81 bits per heavy atom. The van der Waals surface area contributed by atoms with E-state index in [1.807, 2.05) is 24.3 Å². The molecule has 0 aliphatic carbocycles. The number of imide groups is 1. The zero-order valence-electron chi connectivity index (χ0n) is 16.6. The zero-order valence-corrected chi connectivity index (χ0v) is 19.7. The van der Waals surface area contributed by atoms with Gasteiger partial charge in [0.25, 0.3) is 11.1 Å². The summed E-state index contributed by atoms with van der Waals surface area (Å²) in [7, 11) is 0. The van der Waals surface area contributed by atoms with Crippen molar-refractivity contribution in [1.82, 2.24) is 4.90 Å². The number of hydrogen-bond acceptors (Lipinski definition) is 4. The van der Waals surface area contributed by atoms with E-state index >= 15 is 0 Å². The van der Waals surface area contributed by atoms with Gasteiger partial charge in [0, 0.05) is 20.6 Å². The van der Waals surface area contributed by atoms with Gasteiger partial charge < -0.3 is 4.74 Å². The van der Waals surface area contributed by atoms with Gasteiger partial charge in [-0.15, -0.1) is 0 Å². The third kappa shape index (κ3) is 5.23. The molecule has 162 valence electrons. The molecule has 0 saturated carbocycles. The van der Waals surface area contributed by atoms with Crippen LogP contribution in [0.5, 0.6) is 5.75 Å². The molecule has 1 fully saturated rings. The number of nitrogens with zero attached hydrogens (tertiary/aromatic N) is 1. The maximum absolute atomic E-state index is 14.0. The van der Waals surface area contributed by atoms with Gasteiger partial charge in [-0.3, -0.25) is 14.5 Å². The second-order valence-electron chi connectivity index (χ2n) is 6.96. The predicted octanol–water partition coefficient (Wildman–Crippen LogP) is 7.06. The van der Waals surface area contributed by atoms with E-state index in [1.54, 1.807) is 42.5 Å². The molecule has 1 aliphatic heterocycles. The fraction of sp³-hybridized carbons (Fsp3) is 0.0833. The summed E-state index contributed by atoms with van der Waals surface area (Å²) in [6.07, 6.45) is 1.62. The molecule has 1 saturated heterocycles. The summed E-state index contributed by atoms with van der Waals surface area (Å²) in [4.78, 5) is 26.6. The molecule has 0 aromatic heterocycles. The summed E-state index contributed by atoms with van der Waals surface area (Å²) in [5.41, 5.74) is 1.86. The SMILES string of the molecule is O=C1S/C(=C\c2cc(Br)ccc2OCc2ccc(Cl)cc2)C(=O)N1Cc1ccccc1F. The average Bonchev–Trinajstić information content (AvgIpc) is 3.03. The monoisotopic (exact) mass is 531 g/mol. The van der Waals surface area contributed by atoms with Crippen molar-refractivity contribution in [2.24, 2.45) is 0 Å². The van der Waals surface area contributed by atoms with E-state index in [0.717, 1.165) is 26.7 Å². The maximum atomic E-state index is 14.0. The average molecular weight is 533 g/mol. The molecule has 0 unspecified atom stereocenters. The summed E-state index contributed by atoms with van der Waals surface area (Å²) < 4.78 is 20.7. The molecule has 0 N–H and O–H groups in total. The van der Waals surface area contributed by atoms with Crippen molar-refractivity contribution < 1.29 is 18.7 Å². The van der Waals surface area contributed by atoms with Crippen LogP contribution in [0.4, 0.5) is 9.18 Å². The number of hydrogen-bond donors (Lipinski definition) is 0. The molecule has 0 radical (unpaired) electrons. The highest BCUT2D eigenvalue weighted by atomic mass is 79.9. The van der Waals surface area contributed by atoms with E-state index in [4.69, 9.17) is 16.3 Å². The van der Waals surface area contributed by atoms with E-state index in [1.165, 1.54) is 6.07 Å². The van der Waals surface area contributed by atoms with Gasteiger partial charge in [-0.25, -0.2) is 4.39 Å². The lowest BCUT2D eigenvalue weighted by molar-refractivity contribution is -0.123. The number of carbonyl (C=O) groups excluding carboxylic acids is 2. The van der Waals surface area contributed by atoms with Gasteiger partial charge in [0.15, 0.2) is 0 Å². The summed E-state index contributed by atoms with van der Waals surface area (Å²) in [6, 6.07) is 18.8. The van der Waals surface area contributed by atoms with Crippen molar-refractivity contribution in [3.05, 3.63) is 104 Å². The molecule has 0 atom stereocenters. The fourth-order valence-electron chi connectivity index (χ4n) is 3.08. The third-order valence-corrected chi connectivity index (χ3v) is 6.38. The molecule has 0 bridgehead atoms. The Hall–Kier alpha value is -2.61. The van der Waals surface area contributed by atoms with Crippen LogP contribution in [0.25, 0.3) is 6.08 Å². The van der Waals surface area contributed by atoms with Gasteiger partial charge in [0.1, 0.15) is 18.2 Å². The van der Waals surface area contributed by atoms with E-state index in [-0.39, 0.29) is 17.0 Å². The lowest BCUT2D eigenvalue weighted by atomic mass is 10.1. The summed E-state index contributed by atoms with van der Waals surface area (Å²) >= 11 is 10.2. The van der Waals surface area contributed by atoms with Gasteiger partial charge in [-0.05, 0) is 59.8 Å². The molecule has 3 aromatic rings. The highest BCUT2D eigenvalue weighted by Crippen LogP contribution is 2.36. The second kappa shape index (κ2) is 9.90. The topological polar surface area (TPSA) is 46.6 Å². The second-order valence-corrected chi connectivity index (χ2v) is 9.30. The van der Waals surface area contributed by atoms with Gasteiger partial charge >= 0.3 is 0 Å². The van der Waals surface area contributed by atoms with E-state index < -0.39 is 17.0 Å². The van der Waals surface area contributed by atoms with Crippen LogP contribution in [-0.2, 0) is 17.9 Å². The molecule has 3 aromatic carbocycles. The standard InChI is InChI=1S/C24H16BrClFNO3S/c25-18-7-10-21(31-14-15-5-8-19(26)9-6-15)17(11-18)12-22-23(29)28(24(30)32-22)13-16-3-1-2-4-20(16)27/h1-12H,13-14H2/b22-12-. The molecule has 1 heterocycles. The van der Waals surface area contributed by atoms with Crippen LogP contribution in [0, 0.1) is 5.82 Å². The molecule has 0 spiro atoms. The Morgan fingerprint density at radius 1 is 1.06 bits per heavy atom. The number of thioether (sulfide) groups is 1. The first-order valence-electron chi connectivity index (χ1n) is 9.56. The van der Waals surface area contributed by atoms with Crippen molar-refractivity contribution in [3.63, 3.8) is 0 Å². The summed E-state index contributed by atoms with van der Waals surface area (Å²) in [5.74, 6) is -0.365. The molecule has 4 nitrogen and oxygen atoms in total. The van der Waals surface area contributed by atoms with E-state index in [0.29, 0.717) is 22.9 Å². The number of carbonyl (C=O) groups is 2. The number of halogens is 3. The van der Waals surface area contributed by atoms with Crippen LogP contribution in [0.3, 0.4) is 0 Å². The van der Waals surface area contributed by atoms with Gasteiger partial charge in [-0.2, -0.15) is 0 Å². The third-order valence-electron chi connectivity index (χ3n) is 4.73. The Bertz CT molecular complexity index is 1220.